The summed E-state index contributed by atoms with van der Waals surface area (Å²) in [6, 6.07) is 4.49. The van der Waals surface area contributed by atoms with Gasteiger partial charge in [0.15, 0.2) is 23.6 Å². The number of β-amino-alcohol motifs (C(OH)–C–C–N with tert-alkyl or cyclic N) is 1. The van der Waals surface area contributed by atoms with Crippen molar-refractivity contribution in [3.8, 4) is 0 Å². The maximum Gasteiger partial charge on any atom is 0.323 e. The first kappa shape index (κ1) is 30.3. The fourth-order valence-electron chi connectivity index (χ4n) is 4.85. The predicted molar refractivity (Wildman–Crippen MR) is 143 cm³/mol. The zero-order valence-electron chi connectivity index (χ0n) is 22.7. The summed E-state index contributed by atoms with van der Waals surface area (Å²) in [6.45, 7) is 4.97. The summed E-state index contributed by atoms with van der Waals surface area (Å²) in [5, 5.41) is 28.1. The van der Waals surface area contributed by atoms with Crippen LogP contribution in [0.1, 0.15) is 50.6 Å². The fraction of sp³-hybridized carbons (Fsp3) is 0.444. The molecule has 1 aliphatic heterocycles. The molecular weight excluding hydrogens is 562 g/mol. The highest BCUT2D eigenvalue weighted by atomic mass is 32.2. The van der Waals surface area contributed by atoms with E-state index in [4.69, 9.17) is 4.42 Å². The van der Waals surface area contributed by atoms with Crippen molar-refractivity contribution >= 4 is 32.8 Å². The van der Waals surface area contributed by atoms with Crippen molar-refractivity contribution in [2.75, 3.05) is 6.54 Å². The van der Waals surface area contributed by atoms with Crippen molar-refractivity contribution in [3.63, 3.8) is 0 Å². The summed E-state index contributed by atoms with van der Waals surface area (Å²) in [5.74, 6) is -3.88. The predicted octanol–water partition coefficient (Wildman–Crippen LogP) is 2.21. The lowest BCUT2D eigenvalue weighted by atomic mass is 10.0. The van der Waals surface area contributed by atoms with Crippen LogP contribution in [0.5, 0.6) is 0 Å². The number of amides is 2. The number of aromatic nitrogens is 1. The number of halogens is 2. The topological polar surface area (TPSA) is 156 Å². The molecule has 1 saturated heterocycles. The lowest BCUT2D eigenvalue weighted by molar-refractivity contribution is -0.646. The Morgan fingerprint density at radius 3 is 2.59 bits per heavy atom. The number of hydrogen-bond acceptors (Lipinski definition) is 7. The standard InChI is InChI=1S/C27H32F2N4O7S/c1-15(2)10-21(31-27(36)24-12-17-11-18(28)19(29)13-23(17)40-24)26(35)30-20-8-7-16(3)33(14-22(20)34)41(38,39)25-6-4-5-9-32(25)37/h4-6,9,11-13,15-16,20-22,34H,7-8,10,14H2,1-3H3,(H,30,35)(H,31,36)/t16-,20+,21+,22+/m1/s1. The molecule has 0 spiro atoms. The number of aliphatic hydroxyl groups is 1. The van der Waals surface area contributed by atoms with Crippen LogP contribution in [-0.4, -0.2) is 60.4 Å². The molecule has 1 fully saturated rings. The van der Waals surface area contributed by atoms with Crippen LogP contribution in [0.15, 0.2) is 52.0 Å². The molecule has 14 heteroatoms. The van der Waals surface area contributed by atoms with E-state index in [0.717, 1.165) is 22.6 Å². The maximum absolute atomic E-state index is 13.6. The number of nitrogens with zero attached hydrogens (tertiary/aromatic N) is 2. The van der Waals surface area contributed by atoms with E-state index >= 15 is 0 Å². The van der Waals surface area contributed by atoms with E-state index in [1.54, 1.807) is 6.92 Å². The van der Waals surface area contributed by atoms with Gasteiger partial charge in [-0.3, -0.25) is 9.59 Å². The molecule has 0 aliphatic carbocycles. The largest absolute Gasteiger partial charge is 0.618 e. The monoisotopic (exact) mass is 594 g/mol. The molecule has 222 valence electrons. The molecule has 11 nitrogen and oxygen atoms in total. The minimum atomic E-state index is -4.25. The third kappa shape index (κ3) is 6.66. The lowest BCUT2D eigenvalue weighted by Crippen LogP contribution is -2.54. The third-order valence-electron chi connectivity index (χ3n) is 7.02. The summed E-state index contributed by atoms with van der Waals surface area (Å²) in [4.78, 5) is 26.2. The van der Waals surface area contributed by atoms with Crippen LogP contribution in [0.2, 0.25) is 0 Å². The molecule has 3 N–H and O–H groups in total. The number of pyridine rings is 1. The van der Waals surface area contributed by atoms with E-state index in [2.05, 4.69) is 10.6 Å². The summed E-state index contributed by atoms with van der Waals surface area (Å²) in [5.41, 5.74) is -0.0351. The fourth-order valence-corrected chi connectivity index (χ4v) is 6.55. The van der Waals surface area contributed by atoms with Gasteiger partial charge in [0.2, 0.25) is 5.91 Å². The van der Waals surface area contributed by atoms with Crippen molar-refractivity contribution in [1.82, 2.24) is 14.9 Å². The number of aliphatic hydroxyl groups excluding tert-OH is 1. The average Bonchev–Trinajstić information content (AvgIpc) is 3.25. The number of hydrogen-bond donors (Lipinski definition) is 3. The summed E-state index contributed by atoms with van der Waals surface area (Å²) in [7, 11) is -4.25. The Morgan fingerprint density at radius 2 is 1.90 bits per heavy atom. The number of carbonyl (C=O) groups is 2. The number of fused-ring (bicyclic) bond motifs is 1. The van der Waals surface area contributed by atoms with Crippen molar-refractivity contribution in [3.05, 3.63) is 65.2 Å². The van der Waals surface area contributed by atoms with Gasteiger partial charge in [0.05, 0.1) is 12.1 Å². The van der Waals surface area contributed by atoms with Crippen molar-refractivity contribution in [2.45, 2.75) is 69.3 Å². The zero-order valence-corrected chi connectivity index (χ0v) is 23.5. The molecule has 2 aromatic heterocycles. The highest BCUT2D eigenvalue weighted by Gasteiger charge is 2.40. The summed E-state index contributed by atoms with van der Waals surface area (Å²) < 4.78 is 60.3. The van der Waals surface area contributed by atoms with E-state index in [0.29, 0.717) is 0 Å². The molecule has 41 heavy (non-hydrogen) atoms. The Morgan fingerprint density at radius 1 is 1.20 bits per heavy atom. The van der Waals surface area contributed by atoms with E-state index in [1.165, 1.54) is 24.3 Å². The van der Waals surface area contributed by atoms with Gasteiger partial charge < -0.3 is 25.4 Å². The smallest absolute Gasteiger partial charge is 0.323 e. The molecule has 1 aromatic carbocycles. The van der Waals surface area contributed by atoms with Gasteiger partial charge in [0, 0.05) is 36.2 Å². The van der Waals surface area contributed by atoms with Gasteiger partial charge in [-0.15, -0.1) is 0 Å². The normalized spacial score (nSPS) is 21.0. The molecule has 0 radical (unpaired) electrons. The molecule has 0 bridgehead atoms. The van der Waals surface area contributed by atoms with Crippen LogP contribution >= 0.6 is 0 Å². The third-order valence-corrected chi connectivity index (χ3v) is 8.99. The molecule has 2 amide bonds. The Hall–Kier alpha value is -3.62. The number of sulfonamides is 1. The second kappa shape index (κ2) is 12.1. The van der Waals surface area contributed by atoms with E-state index < -0.39 is 62.7 Å². The molecule has 1 aliphatic rings. The van der Waals surface area contributed by atoms with E-state index in [9.17, 15) is 37.1 Å². The number of rotatable bonds is 8. The molecular formula is C27H32F2N4O7S. The van der Waals surface area contributed by atoms with Crippen LogP contribution in [-0.2, 0) is 14.8 Å². The number of benzene rings is 1. The van der Waals surface area contributed by atoms with Gasteiger partial charge >= 0.3 is 15.0 Å². The Labute approximate surface area is 235 Å². The van der Waals surface area contributed by atoms with Gasteiger partial charge in [0.25, 0.3) is 5.91 Å². The van der Waals surface area contributed by atoms with Gasteiger partial charge in [-0.05, 0) is 50.3 Å². The first-order valence-electron chi connectivity index (χ1n) is 13.2. The molecule has 3 heterocycles. The highest BCUT2D eigenvalue weighted by molar-refractivity contribution is 7.89. The molecule has 4 atom stereocenters. The van der Waals surface area contributed by atoms with Crippen LogP contribution in [0, 0.1) is 22.8 Å². The first-order valence-corrected chi connectivity index (χ1v) is 14.6. The summed E-state index contributed by atoms with van der Waals surface area (Å²) >= 11 is 0. The molecule has 4 rings (SSSR count). The number of carbonyl (C=O) groups excluding carboxylic acids is 2. The molecule has 0 saturated carbocycles. The Balaban J connectivity index is 1.48. The van der Waals surface area contributed by atoms with Gasteiger partial charge in [-0.2, -0.15) is 9.04 Å². The maximum atomic E-state index is 13.6. The van der Waals surface area contributed by atoms with Crippen LogP contribution < -0.4 is 15.4 Å². The van der Waals surface area contributed by atoms with Crippen LogP contribution in [0.25, 0.3) is 11.0 Å². The second-order valence-electron chi connectivity index (χ2n) is 10.6. The Kier molecular flexibility index (Phi) is 8.94. The zero-order chi connectivity index (χ0) is 30.1. The minimum Gasteiger partial charge on any atom is -0.618 e. The average molecular weight is 595 g/mol. The van der Waals surface area contributed by atoms with Crippen LogP contribution in [0.4, 0.5) is 8.78 Å². The lowest BCUT2D eigenvalue weighted by Gasteiger charge is -2.28. The van der Waals surface area contributed by atoms with Crippen LogP contribution in [0.3, 0.4) is 0 Å². The van der Waals surface area contributed by atoms with Crippen molar-refractivity contribution in [1.29, 1.82) is 0 Å². The van der Waals surface area contributed by atoms with Gasteiger partial charge in [0.1, 0.15) is 11.6 Å². The van der Waals surface area contributed by atoms with Crippen molar-refractivity contribution < 1.29 is 41.0 Å². The second-order valence-corrected chi connectivity index (χ2v) is 12.5. The van der Waals surface area contributed by atoms with E-state index in [1.807, 2.05) is 13.8 Å². The molecule has 0 unspecified atom stereocenters. The SMILES string of the molecule is CC(C)C[C@H](NC(=O)c1cc2cc(F)c(F)cc2o1)C(=O)N[C@H]1CC[C@@H](C)N(S(=O)(=O)c2cccc[n+]2[O-])C[C@@H]1O. The quantitative estimate of drug-likeness (QED) is 0.267. The minimum absolute atomic E-state index is 0.0331. The van der Waals surface area contributed by atoms with Gasteiger partial charge in [-0.1, -0.05) is 13.8 Å². The van der Waals surface area contributed by atoms with E-state index in [-0.39, 0.29) is 53.2 Å². The van der Waals surface area contributed by atoms with Crippen molar-refractivity contribution in [2.24, 2.45) is 5.92 Å². The first-order chi connectivity index (χ1) is 19.3. The Bertz CT molecular complexity index is 1510. The molecule has 3 aromatic rings. The summed E-state index contributed by atoms with van der Waals surface area (Å²) in [6.07, 6.45) is 0.492. The number of furan rings is 1. The number of nitrogens with one attached hydrogen (secondary N) is 2. The van der Waals surface area contributed by atoms with Gasteiger partial charge in [-0.25, -0.2) is 17.2 Å². The highest BCUT2D eigenvalue weighted by Crippen LogP contribution is 2.25.